The van der Waals surface area contributed by atoms with E-state index in [0.717, 1.165) is 18.5 Å². The number of hydrogen-bond donors (Lipinski definition) is 2. The van der Waals surface area contributed by atoms with E-state index >= 15 is 0 Å². The molecule has 2 aliphatic rings. The molecule has 4 heteroatoms. The number of carbonyl (C=O) groups excluding carboxylic acids is 2. The van der Waals surface area contributed by atoms with Crippen molar-refractivity contribution in [2.45, 2.75) is 51.0 Å². The average molecular weight is 300 g/mol. The van der Waals surface area contributed by atoms with E-state index < -0.39 is 0 Å². The van der Waals surface area contributed by atoms with Crippen molar-refractivity contribution in [1.82, 2.24) is 5.32 Å². The molecule has 2 fully saturated rings. The third-order valence-corrected chi connectivity index (χ3v) is 4.71. The fourth-order valence-electron chi connectivity index (χ4n) is 3.26. The quantitative estimate of drug-likeness (QED) is 0.839. The highest BCUT2D eigenvalue weighted by atomic mass is 16.2. The Labute approximate surface area is 131 Å². The molecule has 3 rings (SSSR count). The van der Waals surface area contributed by atoms with Crippen LogP contribution in [-0.4, -0.2) is 17.9 Å². The van der Waals surface area contributed by atoms with Gasteiger partial charge in [-0.05, 0) is 31.4 Å². The zero-order valence-electron chi connectivity index (χ0n) is 12.9. The van der Waals surface area contributed by atoms with Gasteiger partial charge >= 0.3 is 0 Å². The van der Waals surface area contributed by atoms with E-state index in [9.17, 15) is 9.59 Å². The first-order valence-corrected chi connectivity index (χ1v) is 8.40. The number of carbonyl (C=O) groups is 2. The number of amides is 2. The monoisotopic (exact) mass is 300 g/mol. The standard InChI is InChI=1S/C18H24N2O2/c21-17(19-13-8-4-1-2-5-9-13)15-12-16(15)18(22)20-14-10-6-3-7-11-14/h3,6-7,10-11,13,15-16H,1-2,4-5,8-9,12H2,(H,19,21)(H,20,22). The van der Waals surface area contributed by atoms with Crippen molar-refractivity contribution in [2.75, 3.05) is 5.32 Å². The van der Waals surface area contributed by atoms with Crippen molar-refractivity contribution in [2.24, 2.45) is 11.8 Å². The maximum absolute atomic E-state index is 12.3. The number of hydrogen-bond acceptors (Lipinski definition) is 2. The van der Waals surface area contributed by atoms with Gasteiger partial charge in [0.15, 0.2) is 0 Å². The van der Waals surface area contributed by atoms with Crippen molar-refractivity contribution in [3.8, 4) is 0 Å². The van der Waals surface area contributed by atoms with E-state index in [1.807, 2.05) is 30.3 Å². The van der Waals surface area contributed by atoms with Gasteiger partial charge < -0.3 is 10.6 Å². The Balaban J connectivity index is 1.46. The van der Waals surface area contributed by atoms with E-state index in [1.165, 1.54) is 25.7 Å². The Kier molecular flexibility index (Phi) is 4.76. The van der Waals surface area contributed by atoms with E-state index in [1.54, 1.807) is 0 Å². The summed E-state index contributed by atoms with van der Waals surface area (Å²) in [6, 6.07) is 9.73. The molecule has 0 bridgehead atoms. The van der Waals surface area contributed by atoms with Crippen molar-refractivity contribution in [3.63, 3.8) is 0 Å². The lowest BCUT2D eigenvalue weighted by atomic mass is 10.1. The summed E-state index contributed by atoms with van der Waals surface area (Å²) < 4.78 is 0. The van der Waals surface area contributed by atoms with Crippen molar-refractivity contribution < 1.29 is 9.59 Å². The second-order valence-electron chi connectivity index (χ2n) is 6.50. The highest BCUT2D eigenvalue weighted by Gasteiger charge is 2.48. The second-order valence-corrected chi connectivity index (χ2v) is 6.50. The molecule has 0 aliphatic heterocycles. The maximum atomic E-state index is 12.3. The molecular weight excluding hydrogens is 276 g/mol. The van der Waals surface area contributed by atoms with Crippen LogP contribution >= 0.6 is 0 Å². The van der Waals surface area contributed by atoms with Crippen LogP contribution in [0.25, 0.3) is 0 Å². The summed E-state index contributed by atoms with van der Waals surface area (Å²) in [4.78, 5) is 24.4. The van der Waals surface area contributed by atoms with Crippen LogP contribution in [0, 0.1) is 11.8 Å². The molecular formula is C18H24N2O2. The number of benzene rings is 1. The lowest BCUT2D eigenvalue weighted by molar-refractivity contribution is -0.125. The lowest BCUT2D eigenvalue weighted by Crippen LogP contribution is -2.36. The molecule has 0 saturated heterocycles. The van der Waals surface area contributed by atoms with E-state index in [0.29, 0.717) is 12.5 Å². The third-order valence-electron chi connectivity index (χ3n) is 4.71. The summed E-state index contributed by atoms with van der Waals surface area (Å²) >= 11 is 0. The highest BCUT2D eigenvalue weighted by molar-refractivity contribution is 5.99. The van der Waals surface area contributed by atoms with Crippen LogP contribution in [0.5, 0.6) is 0 Å². The molecule has 0 radical (unpaired) electrons. The normalized spacial score (nSPS) is 25.1. The van der Waals surface area contributed by atoms with Crippen LogP contribution in [0.1, 0.15) is 44.9 Å². The van der Waals surface area contributed by atoms with Gasteiger partial charge in [0, 0.05) is 11.7 Å². The van der Waals surface area contributed by atoms with Gasteiger partial charge in [-0.1, -0.05) is 43.9 Å². The average Bonchev–Trinajstić information content (AvgIpc) is 3.33. The summed E-state index contributed by atoms with van der Waals surface area (Å²) in [5, 5.41) is 6.03. The number of para-hydroxylation sites is 1. The first-order valence-electron chi connectivity index (χ1n) is 8.40. The Morgan fingerprint density at radius 2 is 1.50 bits per heavy atom. The molecule has 4 nitrogen and oxygen atoms in total. The SMILES string of the molecule is O=C(Nc1ccccc1)C1CC1C(=O)NC1CCCCCC1. The molecule has 2 saturated carbocycles. The third kappa shape index (κ3) is 3.87. The number of nitrogens with one attached hydrogen (secondary N) is 2. The maximum Gasteiger partial charge on any atom is 0.228 e. The predicted octanol–water partition coefficient (Wildman–Crippen LogP) is 3.10. The molecule has 1 aromatic carbocycles. The second kappa shape index (κ2) is 6.95. The molecule has 0 spiro atoms. The number of anilines is 1. The van der Waals surface area contributed by atoms with Crippen molar-refractivity contribution in [1.29, 1.82) is 0 Å². The van der Waals surface area contributed by atoms with Gasteiger partial charge in [0.2, 0.25) is 11.8 Å². The van der Waals surface area contributed by atoms with Gasteiger partial charge in [-0.3, -0.25) is 9.59 Å². The Bertz CT molecular complexity index is 521. The minimum absolute atomic E-state index is 0.0350. The van der Waals surface area contributed by atoms with Crippen LogP contribution < -0.4 is 10.6 Å². The molecule has 0 heterocycles. The lowest BCUT2D eigenvalue weighted by Gasteiger charge is -2.16. The summed E-state index contributed by atoms with van der Waals surface area (Å²) in [5.41, 5.74) is 0.794. The summed E-state index contributed by atoms with van der Waals surface area (Å²) in [5.74, 6) is -0.259. The molecule has 0 aromatic heterocycles. The van der Waals surface area contributed by atoms with Crippen LogP contribution in [0.15, 0.2) is 30.3 Å². The largest absolute Gasteiger partial charge is 0.353 e. The smallest absolute Gasteiger partial charge is 0.228 e. The molecule has 2 aliphatic carbocycles. The topological polar surface area (TPSA) is 58.2 Å². The van der Waals surface area contributed by atoms with E-state index in [4.69, 9.17) is 0 Å². The number of rotatable bonds is 4. The fourth-order valence-corrected chi connectivity index (χ4v) is 3.26. The first-order chi connectivity index (χ1) is 10.7. The summed E-state index contributed by atoms with van der Waals surface area (Å²) in [6.45, 7) is 0. The van der Waals surface area contributed by atoms with Gasteiger partial charge in [0.05, 0.1) is 11.8 Å². The zero-order valence-corrected chi connectivity index (χ0v) is 12.9. The van der Waals surface area contributed by atoms with E-state index in [-0.39, 0.29) is 23.7 Å². The van der Waals surface area contributed by atoms with Gasteiger partial charge in [0.25, 0.3) is 0 Å². The molecule has 118 valence electrons. The molecule has 1 aromatic rings. The molecule has 2 amide bonds. The fraction of sp³-hybridized carbons (Fsp3) is 0.556. The molecule has 22 heavy (non-hydrogen) atoms. The zero-order chi connectivity index (χ0) is 15.4. The molecule has 2 N–H and O–H groups in total. The Hall–Kier alpha value is -1.84. The van der Waals surface area contributed by atoms with Crippen LogP contribution in [0.2, 0.25) is 0 Å². The Morgan fingerprint density at radius 1 is 0.864 bits per heavy atom. The van der Waals surface area contributed by atoms with Gasteiger partial charge in [0.1, 0.15) is 0 Å². The molecule has 2 atom stereocenters. The Morgan fingerprint density at radius 3 is 2.18 bits per heavy atom. The van der Waals surface area contributed by atoms with E-state index in [2.05, 4.69) is 10.6 Å². The van der Waals surface area contributed by atoms with Crippen LogP contribution in [-0.2, 0) is 9.59 Å². The van der Waals surface area contributed by atoms with Gasteiger partial charge in [-0.2, -0.15) is 0 Å². The first kappa shape index (κ1) is 15.1. The minimum Gasteiger partial charge on any atom is -0.353 e. The highest BCUT2D eigenvalue weighted by Crippen LogP contribution is 2.39. The molecule has 2 unspecified atom stereocenters. The summed E-state index contributed by atoms with van der Waals surface area (Å²) in [6.07, 6.45) is 7.80. The van der Waals surface area contributed by atoms with Gasteiger partial charge in [-0.15, -0.1) is 0 Å². The van der Waals surface area contributed by atoms with Crippen molar-refractivity contribution >= 4 is 17.5 Å². The summed E-state index contributed by atoms with van der Waals surface area (Å²) in [7, 11) is 0. The predicted molar refractivity (Wildman–Crippen MR) is 86.3 cm³/mol. The minimum atomic E-state index is -0.161. The van der Waals surface area contributed by atoms with Crippen LogP contribution in [0.4, 0.5) is 5.69 Å². The van der Waals surface area contributed by atoms with Crippen LogP contribution in [0.3, 0.4) is 0 Å². The van der Waals surface area contributed by atoms with Gasteiger partial charge in [-0.25, -0.2) is 0 Å². The van der Waals surface area contributed by atoms with Crippen molar-refractivity contribution in [3.05, 3.63) is 30.3 Å².